The largest absolute Gasteiger partial charge is 0.337 e. The number of carbonyl (C=O) groups is 1. The summed E-state index contributed by atoms with van der Waals surface area (Å²) in [6, 6.07) is -0.308. The molecule has 8 heteroatoms. The van der Waals surface area contributed by atoms with Crippen LogP contribution in [0.3, 0.4) is 0 Å². The molecular formula is C8H13ClN4OS2. The van der Waals surface area contributed by atoms with Crippen LogP contribution in [0.1, 0.15) is 13.8 Å². The lowest BCUT2D eigenvalue weighted by molar-refractivity contribution is 0.252. The molecule has 1 heterocycles. The van der Waals surface area contributed by atoms with Crippen LogP contribution >= 0.6 is 34.7 Å². The summed E-state index contributed by atoms with van der Waals surface area (Å²) >= 11 is 8.41. The Hall–Kier alpha value is -0.530. The molecule has 0 spiro atoms. The molecule has 1 rings (SSSR count). The highest BCUT2D eigenvalue weighted by molar-refractivity contribution is 8.01. The van der Waals surface area contributed by atoms with Crippen molar-refractivity contribution in [3.63, 3.8) is 0 Å². The Morgan fingerprint density at radius 3 is 2.94 bits per heavy atom. The van der Waals surface area contributed by atoms with Gasteiger partial charge in [-0.2, -0.15) is 0 Å². The SMILES string of the molecule is CC(C)Sc1nnc(NC(=O)NCCCl)s1. The van der Waals surface area contributed by atoms with Gasteiger partial charge < -0.3 is 5.32 Å². The maximum atomic E-state index is 11.3. The van der Waals surface area contributed by atoms with Crippen LogP contribution in [0.5, 0.6) is 0 Å². The third-order valence-corrected chi connectivity index (χ3v) is 3.46. The molecular weight excluding hydrogens is 268 g/mol. The summed E-state index contributed by atoms with van der Waals surface area (Å²) in [4.78, 5) is 11.3. The number of thioether (sulfide) groups is 1. The fourth-order valence-corrected chi connectivity index (χ4v) is 2.88. The zero-order valence-corrected chi connectivity index (χ0v) is 11.4. The lowest BCUT2D eigenvalue weighted by Crippen LogP contribution is -2.30. The van der Waals surface area contributed by atoms with E-state index < -0.39 is 0 Å². The highest BCUT2D eigenvalue weighted by Gasteiger charge is 2.08. The van der Waals surface area contributed by atoms with Crippen molar-refractivity contribution < 1.29 is 4.79 Å². The first-order valence-electron chi connectivity index (χ1n) is 4.72. The summed E-state index contributed by atoms with van der Waals surface area (Å²) in [6.07, 6.45) is 0. The van der Waals surface area contributed by atoms with E-state index in [2.05, 4.69) is 34.7 Å². The van der Waals surface area contributed by atoms with Crippen molar-refractivity contribution in [2.45, 2.75) is 23.4 Å². The lowest BCUT2D eigenvalue weighted by Gasteiger charge is -2.01. The first-order valence-corrected chi connectivity index (χ1v) is 6.96. The number of carbonyl (C=O) groups excluding carboxylic acids is 1. The van der Waals surface area contributed by atoms with Crippen molar-refractivity contribution in [2.75, 3.05) is 17.7 Å². The average Bonchev–Trinajstić information content (AvgIpc) is 2.61. The molecule has 0 aliphatic carbocycles. The Morgan fingerprint density at radius 1 is 1.56 bits per heavy atom. The van der Waals surface area contributed by atoms with E-state index >= 15 is 0 Å². The highest BCUT2D eigenvalue weighted by atomic mass is 35.5. The number of hydrogen-bond acceptors (Lipinski definition) is 5. The highest BCUT2D eigenvalue weighted by Crippen LogP contribution is 2.28. The maximum Gasteiger partial charge on any atom is 0.321 e. The van der Waals surface area contributed by atoms with Crippen molar-refractivity contribution in [1.29, 1.82) is 0 Å². The van der Waals surface area contributed by atoms with Crippen LogP contribution < -0.4 is 10.6 Å². The van der Waals surface area contributed by atoms with Crippen LogP contribution in [0.4, 0.5) is 9.93 Å². The molecule has 0 radical (unpaired) electrons. The molecule has 0 fully saturated rings. The minimum Gasteiger partial charge on any atom is -0.337 e. The van der Waals surface area contributed by atoms with Crippen molar-refractivity contribution in [3.8, 4) is 0 Å². The number of anilines is 1. The summed E-state index contributed by atoms with van der Waals surface area (Å²) < 4.78 is 0.850. The minimum absolute atomic E-state index is 0.308. The van der Waals surface area contributed by atoms with E-state index in [9.17, 15) is 4.79 Å². The molecule has 0 saturated carbocycles. The summed E-state index contributed by atoms with van der Waals surface area (Å²) in [6.45, 7) is 4.58. The number of halogens is 1. The smallest absolute Gasteiger partial charge is 0.321 e. The Kier molecular flexibility index (Phi) is 5.86. The number of hydrogen-bond donors (Lipinski definition) is 2. The Balaban J connectivity index is 2.42. The first-order chi connectivity index (χ1) is 7.61. The van der Waals surface area contributed by atoms with Crippen LogP contribution in [0.25, 0.3) is 0 Å². The predicted molar refractivity (Wildman–Crippen MR) is 68.6 cm³/mol. The molecule has 0 aromatic carbocycles. The van der Waals surface area contributed by atoms with E-state index in [1.807, 2.05) is 0 Å². The summed E-state index contributed by atoms with van der Waals surface area (Å²) in [5.74, 6) is 0.387. The number of aromatic nitrogens is 2. The molecule has 1 aromatic heterocycles. The number of urea groups is 1. The van der Waals surface area contributed by atoms with Crippen LogP contribution in [0.2, 0.25) is 0 Å². The predicted octanol–water partition coefficient (Wildman–Crippen LogP) is 2.40. The van der Waals surface area contributed by atoms with Gasteiger partial charge in [0.25, 0.3) is 0 Å². The van der Waals surface area contributed by atoms with E-state index in [-0.39, 0.29) is 6.03 Å². The Labute approximate surface area is 107 Å². The van der Waals surface area contributed by atoms with Gasteiger partial charge in [0.05, 0.1) is 0 Å². The van der Waals surface area contributed by atoms with E-state index in [0.29, 0.717) is 22.8 Å². The van der Waals surface area contributed by atoms with Gasteiger partial charge in [0.2, 0.25) is 5.13 Å². The van der Waals surface area contributed by atoms with E-state index in [4.69, 9.17) is 11.6 Å². The van der Waals surface area contributed by atoms with Gasteiger partial charge in [0, 0.05) is 17.7 Å². The number of amides is 2. The van der Waals surface area contributed by atoms with Gasteiger partial charge in [-0.1, -0.05) is 36.9 Å². The molecule has 90 valence electrons. The van der Waals surface area contributed by atoms with Gasteiger partial charge in [0.1, 0.15) is 0 Å². The molecule has 5 nitrogen and oxygen atoms in total. The second kappa shape index (κ2) is 6.93. The van der Waals surface area contributed by atoms with E-state index in [1.54, 1.807) is 11.8 Å². The third-order valence-electron chi connectivity index (χ3n) is 1.34. The molecule has 0 aliphatic rings. The topological polar surface area (TPSA) is 66.9 Å². The second-order valence-electron chi connectivity index (χ2n) is 3.11. The molecule has 0 aliphatic heterocycles. The second-order valence-corrected chi connectivity index (χ2v) is 6.29. The molecule has 1 aromatic rings. The normalized spacial score (nSPS) is 10.5. The minimum atomic E-state index is -0.308. The fraction of sp³-hybridized carbons (Fsp3) is 0.625. The third kappa shape index (κ3) is 5.00. The van der Waals surface area contributed by atoms with Gasteiger partial charge >= 0.3 is 6.03 Å². The van der Waals surface area contributed by atoms with Crippen molar-refractivity contribution in [1.82, 2.24) is 15.5 Å². The fourth-order valence-electron chi connectivity index (χ4n) is 0.812. The molecule has 0 unspecified atom stereocenters. The summed E-state index contributed by atoms with van der Waals surface area (Å²) in [5, 5.41) is 13.9. The van der Waals surface area contributed by atoms with Crippen LogP contribution in [-0.2, 0) is 0 Å². The quantitative estimate of drug-likeness (QED) is 0.494. The Bertz CT molecular complexity index is 345. The van der Waals surface area contributed by atoms with Gasteiger partial charge in [-0.15, -0.1) is 21.8 Å². The van der Waals surface area contributed by atoms with Gasteiger partial charge in [-0.3, -0.25) is 5.32 Å². The Morgan fingerprint density at radius 2 is 2.31 bits per heavy atom. The molecule has 2 N–H and O–H groups in total. The van der Waals surface area contributed by atoms with Gasteiger partial charge in [-0.25, -0.2) is 4.79 Å². The number of alkyl halides is 1. The van der Waals surface area contributed by atoms with Crippen LogP contribution in [0.15, 0.2) is 4.34 Å². The van der Waals surface area contributed by atoms with Crippen molar-refractivity contribution in [2.24, 2.45) is 0 Å². The zero-order valence-electron chi connectivity index (χ0n) is 8.99. The van der Waals surface area contributed by atoms with E-state index in [0.717, 1.165) is 4.34 Å². The molecule has 16 heavy (non-hydrogen) atoms. The number of rotatable bonds is 5. The van der Waals surface area contributed by atoms with Gasteiger partial charge in [-0.05, 0) is 0 Å². The zero-order chi connectivity index (χ0) is 12.0. The molecule has 0 bridgehead atoms. The average molecular weight is 281 g/mol. The van der Waals surface area contributed by atoms with Crippen molar-refractivity contribution >= 4 is 45.9 Å². The maximum absolute atomic E-state index is 11.3. The molecule has 0 atom stereocenters. The standard InChI is InChI=1S/C8H13ClN4OS2/c1-5(2)15-8-13-12-7(16-8)11-6(14)10-4-3-9/h5H,3-4H2,1-2H3,(H2,10,11,12,14). The summed E-state index contributed by atoms with van der Waals surface area (Å²) in [7, 11) is 0. The van der Waals surface area contributed by atoms with E-state index in [1.165, 1.54) is 11.3 Å². The summed E-state index contributed by atoms with van der Waals surface area (Å²) in [5.41, 5.74) is 0. The lowest BCUT2D eigenvalue weighted by atomic mass is 10.6. The van der Waals surface area contributed by atoms with Crippen LogP contribution in [-0.4, -0.2) is 33.9 Å². The molecule has 0 saturated heterocycles. The first kappa shape index (κ1) is 13.5. The van der Waals surface area contributed by atoms with Gasteiger partial charge in [0.15, 0.2) is 4.34 Å². The number of nitrogens with one attached hydrogen (secondary N) is 2. The monoisotopic (exact) mass is 280 g/mol. The van der Waals surface area contributed by atoms with Crippen molar-refractivity contribution in [3.05, 3.63) is 0 Å². The molecule has 2 amide bonds. The van der Waals surface area contributed by atoms with Crippen LogP contribution in [0, 0.1) is 0 Å². The number of nitrogens with zero attached hydrogens (tertiary/aromatic N) is 2.